The van der Waals surface area contributed by atoms with Crippen molar-refractivity contribution in [2.45, 2.75) is 12.6 Å². The predicted octanol–water partition coefficient (Wildman–Crippen LogP) is 9.52. The minimum Gasteiger partial charge on any atom is -0.381 e. The van der Waals surface area contributed by atoms with E-state index < -0.39 is 0 Å². The van der Waals surface area contributed by atoms with E-state index in [1.165, 1.54) is 37.9 Å². The molecule has 1 atom stereocenters. The van der Waals surface area contributed by atoms with Crippen LogP contribution >= 0.6 is 0 Å². The lowest BCUT2D eigenvalue weighted by Crippen LogP contribution is -2.16. The molecule has 0 bridgehead atoms. The molecule has 0 radical (unpaired) electrons. The Bertz CT molecular complexity index is 2190. The van der Waals surface area contributed by atoms with E-state index in [4.69, 9.17) is 5.73 Å². The first-order chi connectivity index (χ1) is 21.7. The van der Waals surface area contributed by atoms with Crippen molar-refractivity contribution < 1.29 is 0 Å². The number of rotatable bonds is 7. The van der Waals surface area contributed by atoms with Crippen molar-refractivity contribution in [1.82, 2.24) is 5.32 Å². The van der Waals surface area contributed by atoms with Gasteiger partial charge in [0.25, 0.3) is 0 Å². The van der Waals surface area contributed by atoms with Gasteiger partial charge in [-0.15, -0.1) is 0 Å². The smallest absolute Gasteiger partial charge is 0.0991 e. The lowest BCUT2D eigenvalue weighted by Gasteiger charge is -2.19. The highest BCUT2D eigenvalue weighted by atomic mass is 14.9. The van der Waals surface area contributed by atoms with Crippen molar-refractivity contribution >= 4 is 38.0 Å². The standard InChI is InChI=1S/C41H31N3/c42-26-28-17-19-29(20-18-28)32-13-8-14-34(23-32)40(25-39(43)31-10-2-1-3-11-31)44-27-38-36-15-6-5-12-33(36)24-35-22-21-30-9-4-7-16-37(30)41(35)38/h1-25,39,44H,27,43H2/b40-25-. The topological polar surface area (TPSA) is 61.8 Å². The largest absolute Gasteiger partial charge is 0.381 e. The minimum atomic E-state index is -0.289. The number of hydrogen-bond donors (Lipinski definition) is 2. The molecule has 7 aromatic rings. The Morgan fingerprint density at radius 1 is 0.659 bits per heavy atom. The molecule has 0 aliphatic heterocycles. The number of fused-ring (bicyclic) bond motifs is 4. The Hall–Kier alpha value is -5.69. The number of nitriles is 1. The monoisotopic (exact) mass is 565 g/mol. The van der Waals surface area contributed by atoms with Crippen LogP contribution in [0.5, 0.6) is 0 Å². The van der Waals surface area contributed by atoms with E-state index in [1.807, 2.05) is 42.5 Å². The lowest BCUT2D eigenvalue weighted by molar-refractivity contribution is 0.865. The van der Waals surface area contributed by atoms with Crippen LogP contribution in [0.3, 0.4) is 0 Å². The van der Waals surface area contributed by atoms with Crippen LogP contribution in [-0.2, 0) is 6.54 Å². The first kappa shape index (κ1) is 27.2. The predicted molar refractivity (Wildman–Crippen MR) is 184 cm³/mol. The van der Waals surface area contributed by atoms with Gasteiger partial charge in [0.05, 0.1) is 17.7 Å². The van der Waals surface area contributed by atoms with Crippen molar-refractivity contribution in [3.63, 3.8) is 0 Å². The van der Waals surface area contributed by atoms with Gasteiger partial charge in [0, 0.05) is 12.2 Å². The molecule has 0 amide bonds. The molecule has 0 spiro atoms. The molecule has 210 valence electrons. The zero-order valence-corrected chi connectivity index (χ0v) is 24.2. The van der Waals surface area contributed by atoms with E-state index in [2.05, 4.69) is 121 Å². The molecule has 0 heterocycles. The number of nitrogens with two attached hydrogens (primary N) is 1. The van der Waals surface area contributed by atoms with Crippen LogP contribution < -0.4 is 11.1 Å². The maximum atomic E-state index is 9.26. The Kier molecular flexibility index (Phi) is 7.34. The van der Waals surface area contributed by atoms with E-state index >= 15 is 0 Å². The maximum absolute atomic E-state index is 9.26. The summed E-state index contributed by atoms with van der Waals surface area (Å²) in [6.07, 6.45) is 2.12. The van der Waals surface area contributed by atoms with E-state index in [1.54, 1.807) is 0 Å². The van der Waals surface area contributed by atoms with Crippen LogP contribution in [0.2, 0.25) is 0 Å². The van der Waals surface area contributed by atoms with Crippen molar-refractivity contribution in [3.8, 4) is 17.2 Å². The molecule has 3 N–H and O–H groups in total. The van der Waals surface area contributed by atoms with Gasteiger partial charge in [-0.2, -0.15) is 5.26 Å². The van der Waals surface area contributed by atoms with Crippen molar-refractivity contribution in [2.24, 2.45) is 5.73 Å². The summed E-state index contributed by atoms with van der Waals surface area (Å²) in [6.45, 7) is 0.625. The van der Waals surface area contributed by atoms with Crippen LogP contribution in [0.1, 0.15) is 28.3 Å². The summed E-state index contributed by atoms with van der Waals surface area (Å²) >= 11 is 0. The number of benzene rings is 7. The fourth-order valence-corrected chi connectivity index (χ4v) is 6.12. The van der Waals surface area contributed by atoms with E-state index in [9.17, 15) is 5.26 Å². The molecular weight excluding hydrogens is 534 g/mol. The van der Waals surface area contributed by atoms with E-state index in [-0.39, 0.29) is 6.04 Å². The summed E-state index contributed by atoms with van der Waals surface area (Å²) in [5.74, 6) is 0. The van der Waals surface area contributed by atoms with Gasteiger partial charge in [0.15, 0.2) is 0 Å². The fraction of sp³-hybridized carbons (Fsp3) is 0.0488. The van der Waals surface area contributed by atoms with Crippen molar-refractivity contribution in [1.29, 1.82) is 5.26 Å². The Morgan fingerprint density at radius 3 is 2.16 bits per heavy atom. The Labute approximate surface area is 257 Å². The zero-order chi connectivity index (χ0) is 29.9. The summed E-state index contributed by atoms with van der Waals surface area (Å²) in [7, 11) is 0. The van der Waals surface area contributed by atoms with Gasteiger partial charge in [0.1, 0.15) is 0 Å². The van der Waals surface area contributed by atoms with Gasteiger partial charge in [0.2, 0.25) is 0 Å². The van der Waals surface area contributed by atoms with Crippen LogP contribution in [-0.4, -0.2) is 0 Å². The van der Waals surface area contributed by atoms with Crippen LogP contribution in [0, 0.1) is 11.3 Å². The van der Waals surface area contributed by atoms with E-state index in [0.717, 1.165) is 28.0 Å². The SMILES string of the molecule is N#Cc1ccc(-c2cccc(/C(=C/C(N)c3ccccc3)NCc3c4ccccc4cc4ccc5ccccc5c34)c2)cc1. The third-order valence-corrected chi connectivity index (χ3v) is 8.37. The molecule has 0 saturated carbocycles. The average Bonchev–Trinajstić information content (AvgIpc) is 3.09. The first-order valence-electron chi connectivity index (χ1n) is 14.9. The Balaban J connectivity index is 1.35. The average molecular weight is 566 g/mol. The van der Waals surface area contributed by atoms with Crippen LogP contribution in [0.15, 0.2) is 152 Å². The first-order valence-corrected chi connectivity index (χ1v) is 14.9. The molecule has 0 aliphatic carbocycles. The van der Waals surface area contributed by atoms with Gasteiger partial charge >= 0.3 is 0 Å². The molecule has 3 nitrogen and oxygen atoms in total. The van der Waals surface area contributed by atoms with Gasteiger partial charge in [-0.25, -0.2) is 0 Å². The molecule has 1 unspecified atom stereocenters. The summed E-state index contributed by atoms with van der Waals surface area (Å²) < 4.78 is 0. The third-order valence-electron chi connectivity index (χ3n) is 8.37. The highest BCUT2D eigenvalue weighted by Gasteiger charge is 2.14. The molecule has 44 heavy (non-hydrogen) atoms. The fourth-order valence-electron chi connectivity index (χ4n) is 6.12. The molecule has 7 aromatic carbocycles. The number of nitrogens with one attached hydrogen (secondary N) is 1. The number of hydrogen-bond acceptors (Lipinski definition) is 3. The lowest BCUT2D eigenvalue weighted by atomic mass is 9.92. The second-order valence-corrected chi connectivity index (χ2v) is 11.1. The molecular formula is C41H31N3. The second-order valence-electron chi connectivity index (χ2n) is 11.1. The van der Waals surface area contributed by atoms with Crippen molar-refractivity contribution in [2.75, 3.05) is 0 Å². The van der Waals surface area contributed by atoms with E-state index in [0.29, 0.717) is 12.1 Å². The summed E-state index contributed by atoms with van der Waals surface area (Å²) in [4.78, 5) is 0. The minimum absolute atomic E-state index is 0.289. The van der Waals surface area contributed by atoms with Gasteiger partial charge in [-0.1, -0.05) is 121 Å². The third kappa shape index (κ3) is 5.31. The maximum Gasteiger partial charge on any atom is 0.0991 e. The number of nitrogens with zero attached hydrogens (tertiary/aromatic N) is 1. The van der Waals surface area contributed by atoms with Crippen LogP contribution in [0.4, 0.5) is 0 Å². The molecule has 3 heteroatoms. The van der Waals surface area contributed by atoms with Crippen molar-refractivity contribution in [3.05, 3.63) is 174 Å². The molecule has 0 fully saturated rings. The molecule has 0 aliphatic rings. The van der Waals surface area contributed by atoms with Gasteiger partial charge < -0.3 is 11.1 Å². The molecule has 0 saturated heterocycles. The second kappa shape index (κ2) is 11.9. The quantitative estimate of drug-likeness (QED) is 0.149. The zero-order valence-electron chi connectivity index (χ0n) is 24.2. The molecule has 7 rings (SSSR count). The molecule has 0 aromatic heterocycles. The summed E-state index contributed by atoms with van der Waals surface area (Å²) in [6, 6.07) is 52.3. The summed E-state index contributed by atoms with van der Waals surface area (Å²) in [5, 5.41) is 20.5. The highest BCUT2D eigenvalue weighted by Crippen LogP contribution is 2.35. The van der Waals surface area contributed by atoms with Gasteiger partial charge in [-0.3, -0.25) is 0 Å². The van der Waals surface area contributed by atoms with Gasteiger partial charge in [-0.05, 0) is 90.5 Å². The highest BCUT2D eigenvalue weighted by molar-refractivity contribution is 6.14. The Morgan fingerprint density at radius 2 is 1.36 bits per heavy atom. The summed E-state index contributed by atoms with van der Waals surface area (Å²) in [5.41, 5.74) is 13.9. The van der Waals surface area contributed by atoms with Crippen LogP contribution in [0.25, 0.3) is 49.1 Å². The normalized spacial score (nSPS) is 12.3.